The number of anilines is 2. The molecule has 1 aliphatic heterocycles. The summed E-state index contributed by atoms with van der Waals surface area (Å²) in [7, 11) is 0. The summed E-state index contributed by atoms with van der Waals surface area (Å²) < 4.78 is 10.7. The number of nitrogens with one attached hydrogen (secondary N) is 2. The molecule has 0 radical (unpaired) electrons. The fourth-order valence-electron chi connectivity index (χ4n) is 3.18. The van der Waals surface area contributed by atoms with E-state index >= 15 is 0 Å². The van der Waals surface area contributed by atoms with Crippen LogP contribution < -0.4 is 20.1 Å². The average molecular weight is 375 g/mol. The Hall–Kier alpha value is -3.54. The van der Waals surface area contributed by atoms with Gasteiger partial charge in [0.1, 0.15) is 0 Å². The Labute approximate surface area is 163 Å². The van der Waals surface area contributed by atoms with Gasteiger partial charge in [-0.25, -0.2) is 0 Å². The average Bonchev–Trinajstić information content (AvgIpc) is 3.13. The molecular formula is C22H21N3O3. The van der Waals surface area contributed by atoms with E-state index in [2.05, 4.69) is 47.7 Å². The predicted molar refractivity (Wildman–Crippen MR) is 107 cm³/mol. The number of ether oxygens (including phenoxy) is 2. The molecule has 6 heteroatoms. The van der Waals surface area contributed by atoms with Gasteiger partial charge in [-0.1, -0.05) is 12.1 Å². The Kier molecular flexibility index (Phi) is 4.85. The van der Waals surface area contributed by atoms with Crippen LogP contribution in [0.5, 0.6) is 11.5 Å². The highest BCUT2D eigenvalue weighted by molar-refractivity contribution is 5.94. The molecule has 0 saturated heterocycles. The van der Waals surface area contributed by atoms with Crippen molar-refractivity contribution in [1.82, 2.24) is 10.3 Å². The van der Waals surface area contributed by atoms with Crippen LogP contribution in [-0.2, 0) is 6.54 Å². The highest BCUT2D eigenvalue weighted by Gasteiger charge is 2.14. The topological polar surface area (TPSA) is 72.5 Å². The van der Waals surface area contributed by atoms with E-state index in [1.165, 1.54) is 11.1 Å². The van der Waals surface area contributed by atoms with Crippen LogP contribution in [0.25, 0.3) is 0 Å². The predicted octanol–water partition coefficient (Wildman–Crippen LogP) is 4.10. The molecule has 0 spiro atoms. The number of benzene rings is 2. The molecule has 1 aromatic heterocycles. The second kappa shape index (κ2) is 7.60. The van der Waals surface area contributed by atoms with E-state index < -0.39 is 0 Å². The number of carbonyl (C=O) groups is 1. The van der Waals surface area contributed by atoms with E-state index in [0.717, 1.165) is 22.7 Å². The fourth-order valence-corrected chi connectivity index (χ4v) is 3.18. The molecule has 142 valence electrons. The molecule has 0 fully saturated rings. The fraction of sp³-hybridized carbons (Fsp3) is 0.182. The summed E-state index contributed by atoms with van der Waals surface area (Å²) in [5.74, 6) is 1.24. The zero-order chi connectivity index (χ0) is 19.5. The molecule has 1 amide bonds. The van der Waals surface area contributed by atoms with Crippen LogP contribution in [0.1, 0.15) is 27.0 Å². The first kappa shape index (κ1) is 17.9. The lowest BCUT2D eigenvalue weighted by atomic mass is 10.1. The van der Waals surface area contributed by atoms with Crippen LogP contribution in [0, 0.1) is 13.8 Å². The van der Waals surface area contributed by atoms with Gasteiger partial charge in [0.25, 0.3) is 5.91 Å². The smallest absolute Gasteiger partial charge is 0.253 e. The zero-order valence-electron chi connectivity index (χ0n) is 15.8. The third-order valence-electron chi connectivity index (χ3n) is 4.40. The number of fused-ring (bicyclic) bond motifs is 1. The molecule has 2 N–H and O–H groups in total. The van der Waals surface area contributed by atoms with Crippen LogP contribution in [0.4, 0.5) is 11.4 Å². The molecular weight excluding hydrogens is 354 g/mol. The second-order valence-corrected chi connectivity index (χ2v) is 6.83. The summed E-state index contributed by atoms with van der Waals surface area (Å²) in [4.78, 5) is 16.7. The number of pyridine rings is 1. The molecule has 2 heterocycles. The van der Waals surface area contributed by atoms with Gasteiger partial charge in [-0.3, -0.25) is 9.78 Å². The van der Waals surface area contributed by atoms with Crippen molar-refractivity contribution < 1.29 is 14.3 Å². The number of aromatic nitrogens is 1. The van der Waals surface area contributed by atoms with Gasteiger partial charge < -0.3 is 20.1 Å². The lowest BCUT2D eigenvalue weighted by Crippen LogP contribution is -2.23. The van der Waals surface area contributed by atoms with Crippen molar-refractivity contribution in [2.75, 3.05) is 12.1 Å². The van der Waals surface area contributed by atoms with E-state index in [-0.39, 0.29) is 12.7 Å². The van der Waals surface area contributed by atoms with Crippen molar-refractivity contribution in [2.24, 2.45) is 0 Å². The highest BCUT2D eigenvalue weighted by atomic mass is 16.7. The number of rotatable bonds is 5. The van der Waals surface area contributed by atoms with E-state index in [0.29, 0.717) is 17.9 Å². The van der Waals surface area contributed by atoms with Crippen LogP contribution in [0.2, 0.25) is 0 Å². The molecule has 0 unspecified atom stereocenters. The van der Waals surface area contributed by atoms with Crippen LogP contribution in [0.15, 0.2) is 54.9 Å². The molecule has 0 atom stereocenters. The third kappa shape index (κ3) is 4.06. The quantitative estimate of drug-likeness (QED) is 0.702. The molecule has 1 aliphatic rings. The van der Waals surface area contributed by atoms with Crippen molar-refractivity contribution in [1.29, 1.82) is 0 Å². The van der Waals surface area contributed by atoms with Gasteiger partial charge >= 0.3 is 0 Å². The first-order chi connectivity index (χ1) is 13.6. The Balaban J connectivity index is 1.42. The molecule has 0 aliphatic carbocycles. The van der Waals surface area contributed by atoms with Gasteiger partial charge in [0.2, 0.25) is 6.79 Å². The summed E-state index contributed by atoms with van der Waals surface area (Å²) >= 11 is 0. The number of carbonyl (C=O) groups excluding carboxylic acids is 1. The number of amides is 1. The second-order valence-electron chi connectivity index (χ2n) is 6.83. The molecule has 28 heavy (non-hydrogen) atoms. The molecule has 2 aromatic carbocycles. The van der Waals surface area contributed by atoms with Crippen LogP contribution >= 0.6 is 0 Å². The van der Waals surface area contributed by atoms with Crippen LogP contribution in [0.3, 0.4) is 0 Å². The normalized spacial score (nSPS) is 11.9. The third-order valence-corrected chi connectivity index (χ3v) is 4.40. The largest absolute Gasteiger partial charge is 0.454 e. The molecule has 6 nitrogen and oxygen atoms in total. The minimum absolute atomic E-state index is 0.186. The Morgan fingerprint density at radius 2 is 1.75 bits per heavy atom. The van der Waals surface area contributed by atoms with E-state index in [9.17, 15) is 4.79 Å². The Morgan fingerprint density at radius 3 is 2.57 bits per heavy atom. The minimum atomic E-state index is -0.186. The molecule has 0 saturated carbocycles. The standard InChI is InChI=1S/C22H21N3O3/c1-14-5-15(2)7-18(6-14)25-19-9-17(11-23-12-19)22(26)24-10-16-3-4-20-21(8-16)28-13-27-20/h3-9,11-12,25H,10,13H2,1-2H3,(H,24,26). The van der Waals surface area contributed by atoms with E-state index in [1.807, 2.05) is 18.2 Å². The van der Waals surface area contributed by atoms with Gasteiger partial charge in [-0.15, -0.1) is 0 Å². The lowest BCUT2D eigenvalue weighted by Gasteiger charge is -2.10. The summed E-state index contributed by atoms with van der Waals surface area (Å²) in [6, 6.07) is 13.6. The number of hydrogen-bond donors (Lipinski definition) is 2. The summed E-state index contributed by atoms with van der Waals surface area (Å²) in [6.07, 6.45) is 3.26. The van der Waals surface area contributed by atoms with Crippen LogP contribution in [-0.4, -0.2) is 17.7 Å². The Morgan fingerprint density at radius 1 is 0.964 bits per heavy atom. The number of nitrogens with zero attached hydrogens (tertiary/aromatic N) is 1. The SMILES string of the molecule is Cc1cc(C)cc(Nc2cncc(C(=O)NCc3ccc4c(c3)OCO4)c2)c1. The summed E-state index contributed by atoms with van der Waals surface area (Å²) in [5.41, 5.74) is 5.52. The zero-order valence-corrected chi connectivity index (χ0v) is 15.8. The van der Waals surface area contributed by atoms with Gasteiger partial charge in [-0.2, -0.15) is 0 Å². The van der Waals surface area contributed by atoms with Crippen molar-refractivity contribution in [3.8, 4) is 11.5 Å². The first-order valence-electron chi connectivity index (χ1n) is 9.04. The monoisotopic (exact) mass is 375 g/mol. The lowest BCUT2D eigenvalue weighted by molar-refractivity contribution is 0.0950. The number of aryl methyl sites for hydroxylation is 2. The maximum atomic E-state index is 12.5. The van der Waals surface area contributed by atoms with Crippen molar-refractivity contribution >= 4 is 17.3 Å². The van der Waals surface area contributed by atoms with Crippen molar-refractivity contribution in [2.45, 2.75) is 20.4 Å². The van der Waals surface area contributed by atoms with Gasteiger partial charge in [0.15, 0.2) is 11.5 Å². The molecule has 0 bridgehead atoms. The summed E-state index contributed by atoms with van der Waals surface area (Å²) in [5, 5.41) is 6.22. The van der Waals surface area contributed by atoms with E-state index in [1.54, 1.807) is 18.5 Å². The van der Waals surface area contributed by atoms with Gasteiger partial charge in [-0.05, 0) is 60.9 Å². The summed E-state index contributed by atoms with van der Waals surface area (Å²) in [6.45, 7) is 4.73. The number of hydrogen-bond acceptors (Lipinski definition) is 5. The highest BCUT2D eigenvalue weighted by Crippen LogP contribution is 2.32. The minimum Gasteiger partial charge on any atom is -0.454 e. The Bertz CT molecular complexity index is 1010. The maximum absolute atomic E-state index is 12.5. The molecule has 3 aromatic rings. The first-order valence-corrected chi connectivity index (χ1v) is 9.04. The van der Waals surface area contributed by atoms with Gasteiger partial charge in [0.05, 0.1) is 17.4 Å². The van der Waals surface area contributed by atoms with Crippen molar-refractivity contribution in [3.63, 3.8) is 0 Å². The molecule has 4 rings (SSSR count). The van der Waals surface area contributed by atoms with Crippen molar-refractivity contribution in [3.05, 3.63) is 77.1 Å². The maximum Gasteiger partial charge on any atom is 0.253 e. The van der Waals surface area contributed by atoms with E-state index in [4.69, 9.17) is 9.47 Å². The van der Waals surface area contributed by atoms with Gasteiger partial charge in [0, 0.05) is 18.4 Å².